The SMILES string of the molecule is COc1ccc(Cl)cc1NC(=O)C(=O)NC[C@@H](c1ccc2c(c1)CCCN2C)N1CCCCC1. The van der Waals surface area contributed by atoms with Crippen molar-refractivity contribution in [2.24, 2.45) is 0 Å². The molecule has 2 amide bonds. The maximum Gasteiger partial charge on any atom is 0.313 e. The number of nitrogens with one attached hydrogen (secondary N) is 2. The number of nitrogens with zero attached hydrogens (tertiary/aromatic N) is 2. The Hall–Kier alpha value is -2.77. The normalized spacial score (nSPS) is 17.0. The topological polar surface area (TPSA) is 73.9 Å². The second-order valence-electron chi connectivity index (χ2n) is 9.03. The number of hydrogen-bond acceptors (Lipinski definition) is 5. The van der Waals surface area contributed by atoms with Gasteiger partial charge < -0.3 is 20.3 Å². The van der Waals surface area contributed by atoms with Crippen molar-refractivity contribution in [3.63, 3.8) is 0 Å². The molecule has 0 spiro atoms. The molecule has 0 aliphatic carbocycles. The minimum Gasteiger partial charge on any atom is -0.495 e. The van der Waals surface area contributed by atoms with Crippen LogP contribution < -0.4 is 20.3 Å². The number of piperidine rings is 1. The summed E-state index contributed by atoms with van der Waals surface area (Å²) in [5.74, 6) is -0.984. The van der Waals surface area contributed by atoms with Crippen molar-refractivity contribution in [2.45, 2.75) is 38.1 Å². The Morgan fingerprint density at radius 3 is 2.59 bits per heavy atom. The Labute approximate surface area is 206 Å². The van der Waals surface area contributed by atoms with Gasteiger partial charge in [0.2, 0.25) is 0 Å². The van der Waals surface area contributed by atoms with E-state index in [-0.39, 0.29) is 6.04 Å². The molecule has 182 valence electrons. The van der Waals surface area contributed by atoms with E-state index in [1.54, 1.807) is 18.2 Å². The van der Waals surface area contributed by atoms with Crippen LogP contribution >= 0.6 is 11.6 Å². The minimum absolute atomic E-state index is 0.0234. The van der Waals surface area contributed by atoms with Gasteiger partial charge in [0, 0.05) is 30.8 Å². The first-order chi connectivity index (χ1) is 16.5. The first-order valence-corrected chi connectivity index (χ1v) is 12.3. The zero-order chi connectivity index (χ0) is 24.1. The van der Waals surface area contributed by atoms with Crippen LogP contribution in [0.25, 0.3) is 0 Å². The van der Waals surface area contributed by atoms with Crippen molar-refractivity contribution in [2.75, 3.05) is 50.6 Å². The number of halogens is 1. The van der Waals surface area contributed by atoms with Gasteiger partial charge in [-0.25, -0.2) is 0 Å². The highest BCUT2D eigenvalue weighted by atomic mass is 35.5. The third-order valence-electron chi connectivity index (χ3n) is 6.74. The summed E-state index contributed by atoms with van der Waals surface area (Å²) < 4.78 is 5.25. The molecule has 2 aromatic rings. The molecule has 8 heteroatoms. The number of anilines is 2. The number of hydrogen-bond donors (Lipinski definition) is 2. The molecule has 1 fully saturated rings. The second kappa shape index (κ2) is 11.1. The highest BCUT2D eigenvalue weighted by molar-refractivity contribution is 6.40. The molecule has 7 nitrogen and oxygen atoms in total. The fourth-order valence-electron chi connectivity index (χ4n) is 4.93. The molecule has 2 heterocycles. The summed E-state index contributed by atoms with van der Waals surface area (Å²) in [6.45, 7) is 3.42. The summed E-state index contributed by atoms with van der Waals surface area (Å²) in [6, 6.07) is 11.5. The molecule has 0 radical (unpaired) electrons. The summed E-state index contributed by atoms with van der Waals surface area (Å²) in [4.78, 5) is 30.0. The molecule has 2 N–H and O–H groups in total. The fourth-order valence-corrected chi connectivity index (χ4v) is 5.10. The molecule has 0 aromatic heterocycles. The number of benzene rings is 2. The molecule has 0 saturated carbocycles. The maximum atomic E-state index is 12.7. The maximum absolute atomic E-state index is 12.7. The molecule has 34 heavy (non-hydrogen) atoms. The van der Waals surface area contributed by atoms with Crippen LogP contribution in [-0.4, -0.2) is 57.1 Å². The predicted octanol–water partition coefficient (Wildman–Crippen LogP) is 4.01. The van der Waals surface area contributed by atoms with Crippen LogP contribution in [0, 0.1) is 0 Å². The quantitative estimate of drug-likeness (QED) is 0.606. The lowest BCUT2D eigenvalue weighted by Gasteiger charge is -2.36. The molecular formula is C26H33ClN4O3. The average molecular weight is 485 g/mol. The Balaban J connectivity index is 1.47. The fraction of sp³-hybridized carbons (Fsp3) is 0.462. The molecule has 0 unspecified atom stereocenters. The van der Waals surface area contributed by atoms with Crippen LogP contribution in [0.15, 0.2) is 36.4 Å². The highest BCUT2D eigenvalue weighted by Gasteiger charge is 2.26. The van der Waals surface area contributed by atoms with Crippen LogP contribution in [0.4, 0.5) is 11.4 Å². The van der Waals surface area contributed by atoms with E-state index in [0.29, 0.717) is 23.0 Å². The van der Waals surface area contributed by atoms with Gasteiger partial charge >= 0.3 is 11.8 Å². The van der Waals surface area contributed by atoms with Crippen molar-refractivity contribution in [3.8, 4) is 5.75 Å². The number of ether oxygens (including phenoxy) is 1. The van der Waals surface area contributed by atoms with E-state index < -0.39 is 11.8 Å². The Kier molecular flexibility index (Phi) is 7.95. The smallest absolute Gasteiger partial charge is 0.313 e. The van der Waals surface area contributed by atoms with Gasteiger partial charge in [-0.15, -0.1) is 0 Å². The first-order valence-electron chi connectivity index (χ1n) is 12.0. The van der Waals surface area contributed by atoms with Gasteiger partial charge in [-0.1, -0.05) is 30.2 Å². The monoisotopic (exact) mass is 484 g/mol. The van der Waals surface area contributed by atoms with E-state index in [2.05, 4.69) is 45.7 Å². The Morgan fingerprint density at radius 1 is 1.03 bits per heavy atom. The first kappa shape index (κ1) is 24.4. The summed E-state index contributed by atoms with van der Waals surface area (Å²) in [7, 11) is 3.63. The third kappa shape index (κ3) is 5.65. The molecule has 2 aliphatic rings. The summed E-state index contributed by atoms with van der Waals surface area (Å²) in [6.07, 6.45) is 5.73. The number of rotatable bonds is 6. The molecule has 1 atom stereocenters. The zero-order valence-electron chi connectivity index (χ0n) is 19.9. The van der Waals surface area contributed by atoms with Gasteiger partial charge in [0.1, 0.15) is 5.75 Å². The molecule has 2 aliphatic heterocycles. The van der Waals surface area contributed by atoms with E-state index in [1.165, 1.54) is 30.3 Å². The summed E-state index contributed by atoms with van der Waals surface area (Å²) in [5, 5.41) is 5.92. The predicted molar refractivity (Wildman–Crippen MR) is 136 cm³/mol. The van der Waals surface area contributed by atoms with Crippen LogP contribution in [-0.2, 0) is 16.0 Å². The number of methoxy groups -OCH3 is 1. The van der Waals surface area contributed by atoms with Gasteiger partial charge in [-0.3, -0.25) is 14.5 Å². The molecular weight excluding hydrogens is 452 g/mol. The standard InChI is InChI=1S/C26H33ClN4O3/c1-30-12-6-7-18-15-19(8-10-22(18)30)23(31-13-4-3-5-14-31)17-28-25(32)26(33)29-21-16-20(27)9-11-24(21)34-2/h8-11,15-16,23H,3-7,12-14,17H2,1-2H3,(H,28,32)(H,29,33)/t23-/m0/s1. The van der Waals surface area contributed by atoms with Crippen molar-refractivity contribution in [3.05, 3.63) is 52.5 Å². The molecule has 0 bridgehead atoms. The number of fused-ring (bicyclic) bond motifs is 1. The van der Waals surface area contributed by atoms with Crippen molar-refractivity contribution in [1.82, 2.24) is 10.2 Å². The second-order valence-corrected chi connectivity index (χ2v) is 9.47. The number of likely N-dealkylation sites (tertiary alicyclic amines) is 1. The lowest BCUT2D eigenvalue weighted by Crippen LogP contribution is -2.43. The van der Waals surface area contributed by atoms with E-state index in [4.69, 9.17) is 16.3 Å². The minimum atomic E-state index is -0.745. The van der Waals surface area contributed by atoms with Crippen LogP contribution in [0.1, 0.15) is 42.9 Å². The van der Waals surface area contributed by atoms with Gasteiger partial charge in [0.15, 0.2) is 0 Å². The van der Waals surface area contributed by atoms with Gasteiger partial charge in [-0.2, -0.15) is 0 Å². The Bertz CT molecular complexity index is 1040. The number of amides is 2. The highest BCUT2D eigenvalue weighted by Crippen LogP contribution is 2.32. The largest absolute Gasteiger partial charge is 0.495 e. The van der Waals surface area contributed by atoms with Gasteiger partial charge in [-0.05, 0) is 74.2 Å². The van der Waals surface area contributed by atoms with E-state index >= 15 is 0 Å². The summed E-state index contributed by atoms with van der Waals surface area (Å²) in [5.41, 5.74) is 4.19. The van der Waals surface area contributed by atoms with Crippen molar-refractivity contribution in [1.29, 1.82) is 0 Å². The molecule has 1 saturated heterocycles. The third-order valence-corrected chi connectivity index (χ3v) is 6.98. The van der Waals surface area contributed by atoms with Crippen LogP contribution in [0.3, 0.4) is 0 Å². The van der Waals surface area contributed by atoms with Crippen molar-refractivity contribution >= 4 is 34.8 Å². The van der Waals surface area contributed by atoms with E-state index in [9.17, 15) is 9.59 Å². The Morgan fingerprint density at radius 2 is 1.82 bits per heavy atom. The molecule has 2 aromatic carbocycles. The van der Waals surface area contributed by atoms with E-state index in [0.717, 1.165) is 45.3 Å². The van der Waals surface area contributed by atoms with Crippen LogP contribution in [0.5, 0.6) is 5.75 Å². The summed E-state index contributed by atoms with van der Waals surface area (Å²) >= 11 is 6.04. The van der Waals surface area contributed by atoms with Crippen molar-refractivity contribution < 1.29 is 14.3 Å². The van der Waals surface area contributed by atoms with E-state index in [1.807, 2.05) is 0 Å². The van der Waals surface area contributed by atoms with Gasteiger partial charge in [0.05, 0.1) is 18.8 Å². The zero-order valence-corrected chi connectivity index (χ0v) is 20.7. The molecule has 4 rings (SSSR count). The number of carbonyl (C=O) groups is 2. The van der Waals surface area contributed by atoms with Gasteiger partial charge in [0.25, 0.3) is 0 Å². The van der Waals surface area contributed by atoms with Crippen LogP contribution in [0.2, 0.25) is 5.02 Å². The average Bonchev–Trinajstić information content (AvgIpc) is 2.85. The number of aryl methyl sites for hydroxylation is 1. The lowest BCUT2D eigenvalue weighted by atomic mass is 9.95. The lowest BCUT2D eigenvalue weighted by molar-refractivity contribution is -0.136. The number of carbonyl (C=O) groups excluding carboxylic acids is 2.